The van der Waals surface area contributed by atoms with Gasteiger partial charge >= 0.3 is 5.97 Å². The second-order valence-corrected chi connectivity index (χ2v) is 3.53. The van der Waals surface area contributed by atoms with Gasteiger partial charge in [-0.1, -0.05) is 0 Å². The number of carbonyl (C=O) groups excluding carboxylic acids is 1. The number of esters is 1. The zero-order valence-corrected chi connectivity index (χ0v) is 7.55. The molecule has 0 saturated heterocycles. The summed E-state index contributed by atoms with van der Waals surface area (Å²) in [4.78, 5) is 13.1. The number of methoxy groups -OCH3 is 1. The molecule has 1 aliphatic carbocycles. The van der Waals surface area contributed by atoms with Crippen LogP contribution in [0.1, 0.15) is 13.3 Å². The van der Waals surface area contributed by atoms with Gasteiger partial charge in [0.05, 0.1) is 13.0 Å². The van der Waals surface area contributed by atoms with Gasteiger partial charge < -0.3 is 9.64 Å². The van der Waals surface area contributed by atoms with E-state index < -0.39 is 0 Å². The highest BCUT2D eigenvalue weighted by Crippen LogP contribution is 2.47. The van der Waals surface area contributed by atoms with E-state index in [1.807, 2.05) is 14.1 Å². The van der Waals surface area contributed by atoms with Crippen molar-refractivity contribution < 1.29 is 9.53 Å². The number of hydrogen-bond acceptors (Lipinski definition) is 3. The molecule has 0 N–H and O–H groups in total. The van der Waals surface area contributed by atoms with Gasteiger partial charge in [-0.2, -0.15) is 0 Å². The summed E-state index contributed by atoms with van der Waals surface area (Å²) in [6, 6.07) is 0. The fourth-order valence-electron chi connectivity index (χ4n) is 1.33. The van der Waals surface area contributed by atoms with Crippen molar-refractivity contribution in [3.05, 3.63) is 0 Å². The van der Waals surface area contributed by atoms with E-state index in [4.69, 9.17) is 0 Å². The van der Waals surface area contributed by atoms with E-state index in [2.05, 4.69) is 16.6 Å². The summed E-state index contributed by atoms with van der Waals surface area (Å²) in [7, 11) is 5.42. The molecular weight excluding hydrogens is 142 g/mol. The van der Waals surface area contributed by atoms with Gasteiger partial charge in [-0.15, -0.1) is 0 Å². The lowest BCUT2D eigenvalue weighted by molar-refractivity contribution is -0.143. The highest BCUT2D eigenvalue weighted by atomic mass is 16.5. The maximum Gasteiger partial charge on any atom is 0.310 e. The quantitative estimate of drug-likeness (QED) is 0.547. The zero-order valence-electron chi connectivity index (χ0n) is 7.55. The molecule has 3 heteroatoms. The Morgan fingerprint density at radius 2 is 2.18 bits per heavy atom. The largest absolute Gasteiger partial charge is 0.469 e. The summed E-state index contributed by atoms with van der Waals surface area (Å²) in [6.07, 6.45) is 0.923. The number of hydrogen-bond donors (Lipinski definition) is 0. The number of ether oxygens (including phenoxy) is 1. The molecular formula is C8H15NO2. The Labute approximate surface area is 67.3 Å². The third kappa shape index (κ3) is 1.25. The van der Waals surface area contributed by atoms with Crippen LogP contribution in [0.3, 0.4) is 0 Å². The Bertz CT molecular complexity index is 179. The van der Waals surface area contributed by atoms with E-state index in [1.165, 1.54) is 7.11 Å². The van der Waals surface area contributed by atoms with Crippen LogP contribution in [-0.4, -0.2) is 37.6 Å². The monoisotopic (exact) mass is 157 g/mol. The smallest absolute Gasteiger partial charge is 0.310 e. The van der Waals surface area contributed by atoms with Gasteiger partial charge in [-0.3, -0.25) is 4.79 Å². The van der Waals surface area contributed by atoms with Crippen molar-refractivity contribution in [2.75, 3.05) is 21.2 Å². The summed E-state index contributed by atoms with van der Waals surface area (Å²) in [5.41, 5.74) is 0.0487. The lowest BCUT2D eigenvalue weighted by Gasteiger charge is -2.19. The Balaban J connectivity index is 2.53. The molecule has 2 unspecified atom stereocenters. The van der Waals surface area contributed by atoms with Crippen molar-refractivity contribution in [3.63, 3.8) is 0 Å². The standard InChI is InChI=1S/C8H15NO2/c1-8(9(2)3)5-6(8)7(10)11-4/h6H,5H2,1-4H3. The van der Waals surface area contributed by atoms with Crippen LogP contribution in [0.4, 0.5) is 0 Å². The molecule has 0 heterocycles. The fraction of sp³-hybridized carbons (Fsp3) is 0.875. The summed E-state index contributed by atoms with van der Waals surface area (Å²) in [5, 5.41) is 0. The van der Waals surface area contributed by atoms with E-state index in [9.17, 15) is 4.79 Å². The molecule has 0 radical (unpaired) electrons. The lowest BCUT2D eigenvalue weighted by atomic mass is 10.2. The third-order valence-corrected chi connectivity index (χ3v) is 2.72. The van der Waals surface area contributed by atoms with E-state index >= 15 is 0 Å². The molecule has 0 aromatic carbocycles. The van der Waals surface area contributed by atoms with E-state index in [0.717, 1.165) is 6.42 Å². The van der Waals surface area contributed by atoms with Crippen LogP contribution >= 0.6 is 0 Å². The molecule has 1 saturated carbocycles. The number of nitrogens with zero attached hydrogens (tertiary/aromatic N) is 1. The van der Waals surface area contributed by atoms with Crippen LogP contribution in [0.15, 0.2) is 0 Å². The minimum atomic E-state index is -0.0822. The second-order valence-electron chi connectivity index (χ2n) is 3.53. The molecule has 0 amide bonds. The second kappa shape index (κ2) is 2.48. The third-order valence-electron chi connectivity index (χ3n) is 2.72. The van der Waals surface area contributed by atoms with Gasteiger partial charge in [-0.25, -0.2) is 0 Å². The van der Waals surface area contributed by atoms with Crippen LogP contribution < -0.4 is 0 Å². The first-order valence-electron chi connectivity index (χ1n) is 3.77. The minimum absolute atomic E-state index is 0.0487. The van der Waals surface area contributed by atoms with Gasteiger partial charge in [0.1, 0.15) is 0 Å². The van der Waals surface area contributed by atoms with Gasteiger partial charge in [-0.05, 0) is 27.4 Å². The number of rotatable bonds is 2. The van der Waals surface area contributed by atoms with Crippen molar-refractivity contribution in [2.45, 2.75) is 18.9 Å². The average molecular weight is 157 g/mol. The lowest BCUT2D eigenvalue weighted by Crippen LogP contribution is -2.31. The van der Waals surface area contributed by atoms with Gasteiger partial charge in [0.25, 0.3) is 0 Å². The van der Waals surface area contributed by atoms with Crippen LogP contribution in [-0.2, 0) is 9.53 Å². The maximum atomic E-state index is 11.0. The molecule has 1 rings (SSSR count). The SMILES string of the molecule is COC(=O)C1CC1(C)N(C)C. The van der Waals surface area contributed by atoms with Crippen LogP contribution in [0.25, 0.3) is 0 Å². The summed E-state index contributed by atoms with van der Waals surface area (Å²) in [5.74, 6) is 0.00343. The first kappa shape index (κ1) is 8.53. The molecule has 1 aliphatic rings. The Morgan fingerprint density at radius 1 is 1.64 bits per heavy atom. The van der Waals surface area contributed by atoms with Crippen molar-refractivity contribution >= 4 is 5.97 Å². The van der Waals surface area contributed by atoms with Crippen LogP contribution in [0.5, 0.6) is 0 Å². The number of carbonyl (C=O) groups is 1. The first-order valence-corrected chi connectivity index (χ1v) is 3.77. The van der Waals surface area contributed by atoms with E-state index in [-0.39, 0.29) is 17.4 Å². The van der Waals surface area contributed by atoms with Crippen LogP contribution in [0.2, 0.25) is 0 Å². The maximum absolute atomic E-state index is 11.0. The molecule has 0 aromatic heterocycles. The molecule has 3 nitrogen and oxygen atoms in total. The molecule has 11 heavy (non-hydrogen) atoms. The van der Waals surface area contributed by atoms with E-state index in [0.29, 0.717) is 0 Å². The van der Waals surface area contributed by atoms with Gasteiger partial charge in [0.15, 0.2) is 0 Å². The van der Waals surface area contributed by atoms with Crippen molar-refractivity contribution in [1.29, 1.82) is 0 Å². The van der Waals surface area contributed by atoms with Crippen molar-refractivity contribution in [1.82, 2.24) is 4.90 Å². The Morgan fingerprint density at radius 3 is 2.45 bits per heavy atom. The Kier molecular flexibility index (Phi) is 1.92. The van der Waals surface area contributed by atoms with Gasteiger partial charge in [0, 0.05) is 5.54 Å². The summed E-state index contributed by atoms with van der Waals surface area (Å²) >= 11 is 0. The molecule has 64 valence electrons. The van der Waals surface area contributed by atoms with Crippen molar-refractivity contribution in [3.8, 4) is 0 Å². The highest BCUT2D eigenvalue weighted by molar-refractivity contribution is 5.77. The fourth-order valence-corrected chi connectivity index (χ4v) is 1.33. The molecule has 1 fully saturated rings. The van der Waals surface area contributed by atoms with Gasteiger partial charge in [0.2, 0.25) is 0 Å². The van der Waals surface area contributed by atoms with E-state index in [1.54, 1.807) is 0 Å². The van der Waals surface area contributed by atoms with Crippen LogP contribution in [0, 0.1) is 5.92 Å². The Hall–Kier alpha value is -0.570. The average Bonchev–Trinajstić information content (AvgIpc) is 2.63. The normalized spacial score (nSPS) is 35.5. The molecule has 0 spiro atoms. The zero-order chi connectivity index (χ0) is 8.65. The molecule has 0 aromatic rings. The van der Waals surface area contributed by atoms with Crippen molar-refractivity contribution in [2.24, 2.45) is 5.92 Å². The molecule has 0 aliphatic heterocycles. The predicted molar refractivity (Wildman–Crippen MR) is 42.2 cm³/mol. The topological polar surface area (TPSA) is 29.5 Å². The summed E-state index contributed by atoms with van der Waals surface area (Å²) in [6.45, 7) is 2.08. The first-order chi connectivity index (χ1) is 5.02. The highest BCUT2D eigenvalue weighted by Gasteiger charge is 2.56. The molecule has 0 bridgehead atoms. The minimum Gasteiger partial charge on any atom is -0.469 e. The molecule has 2 atom stereocenters. The summed E-state index contributed by atoms with van der Waals surface area (Å²) < 4.78 is 4.65. The predicted octanol–water partition coefficient (Wildman–Crippen LogP) is 0.500.